The highest BCUT2D eigenvalue weighted by molar-refractivity contribution is 7.73. The van der Waals surface area contributed by atoms with Crippen molar-refractivity contribution < 1.29 is 56.1 Å². The van der Waals surface area contributed by atoms with Gasteiger partial charge in [0, 0.05) is 30.9 Å². The minimum Gasteiger partial charge on any atom is -0.434 e. The van der Waals surface area contributed by atoms with Crippen LogP contribution in [-0.4, -0.2) is 37.7 Å². The molecule has 0 radical (unpaired) electrons. The quantitative estimate of drug-likeness (QED) is 0.317. The normalized spacial score (nSPS) is 30.0. The highest BCUT2D eigenvalue weighted by Crippen LogP contribution is 2.79. The number of carbonyl (C=O) groups is 1. The monoisotopic (exact) mass is 495 g/mol. The Bertz CT molecular complexity index is 1070. The van der Waals surface area contributed by atoms with Crippen molar-refractivity contribution in [2.75, 3.05) is 6.61 Å². The Morgan fingerprint density at radius 2 is 1.81 bits per heavy atom. The second-order valence-corrected chi connectivity index (χ2v) is 10.8. The summed E-state index contributed by atoms with van der Waals surface area (Å²) in [5.41, 5.74) is -1.07. The first-order valence-corrected chi connectivity index (χ1v) is 12.0. The van der Waals surface area contributed by atoms with Crippen LogP contribution in [0.25, 0.3) is 0 Å². The van der Waals surface area contributed by atoms with E-state index in [1.54, 1.807) is 0 Å². The van der Waals surface area contributed by atoms with Crippen molar-refractivity contribution in [1.82, 2.24) is 4.98 Å². The number of hydrogen-bond donors (Lipinski definition) is 3. The number of benzene rings is 1. The molecule has 0 aliphatic carbocycles. The molecule has 15 heteroatoms. The fraction of sp³-hybridized carbons (Fsp3) is 0.294. The Hall–Kier alpha value is -2.24. The molecule has 2 aromatic rings. The number of hydrogen-bond acceptors (Lipinski definition) is 9. The molecule has 1 aromatic carbocycles. The fourth-order valence-corrected chi connectivity index (χ4v) is 6.32. The molecule has 1 aromatic heterocycles. The summed E-state index contributed by atoms with van der Waals surface area (Å²) in [6, 6.07) is 3.76. The van der Waals surface area contributed by atoms with E-state index in [9.17, 15) is 37.6 Å². The summed E-state index contributed by atoms with van der Waals surface area (Å²) in [5.74, 6) is -3.61. The average Bonchev–Trinajstić information content (AvgIpc) is 2.66. The van der Waals surface area contributed by atoms with E-state index >= 15 is 0 Å². The Labute approximate surface area is 179 Å². The molecule has 1 fully saturated rings. The Morgan fingerprint density at radius 1 is 1.22 bits per heavy atom. The van der Waals surface area contributed by atoms with Crippen molar-refractivity contribution in [3.8, 4) is 5.75 Å². The van der Waals surface area contributed by atoms with Crippen LogP contribution in [0, 0.1) is 11.6 Å². The maximum absolute atomic E-state index is 14.5. The van der Waals surface area contributed by atoms with Gasteiger partial charge in [-0.2, -0.15) is 0 Å². The Kier molecular flexibility index (Phi) is 6.83. The van der Waals surface area contributed by atoms with E-state index in [0.717, 1.165) is 6.20 Å². The highest BCUT2D eigenvalue weighted by atomic mass is 31.2. The van der Waals surface area contributed by atoms with Crippen molar-refractivity contribution >= 4 is 21.3 Å². The maximum atomic E-state index is 14.5. The fourth-order valence-electron chi connectivity index (χ4n) is 2.78. The summed E-state index contributed by atoms with van der Waals surface area (Å²) in [6.07, 6.45) is -2.09. The van der Waals surface area contributed by atoms with Crippen molar-refractivity contribution in [3.63, 3.8) is 0 Å². The number of halogens is 2. The molecule has 0 amide bonds. The molecule has 11 nitrogen and oxygen atoms in total. The van der Waals surface area contributed by atoms with Gasteiger partial charge in [-0.1, -0.05) is 6.07 Å². The molecule has 1 aliphatic heterocycles. The molecule has 3 N–H and O–H groups in total. The highest BCUT2D eigenvalue weighted by Gasteiger charge is 2.67. The number of ether oxygens (including phenoxy) is 2. The van der Waals surface area contributed by atoms with Crippen LogP contribution in [0.5, 0.6) is 5.75 Å². The summed E-state index contributed by atoms with van der Waals surface area (Å²) in [5, 5.41) is 7.28. The van der Waals surface area contributed by atoms with E-state index in [1.165, 1.54) is 25.3 Å². The number of aliphatic hydroxyl groups is 1. The van der Waals surface area contributed by atoms with Gasteiger partial charge in [-0.25, -0.2) is 13.6 Å². The first-order valence-electron chi connectivity index (χ1n) is 8.87. The average molecular weight is 495 g/mol. The molecule has 0 bridgehead atoms. The van der Waals surface area contributed by atoms with Crippen molar-refractivity contribution in [2.45, 2.75) is 24.7 Å². The van der Waals surface area contributed by atoms with E-state index < -0.39 is 62.1 Å². The predicted octanol–water partition coefficient (Wildman–Crippen LogP) is 3.20. The summed E-state index contributed by atoms with van der Waals surface area (Å²) in [4.78, 5) is 35.5. The van der Waals surface area contributed by atoms with E-state index in [0.29, 0.717) is 12.1 Å². The van der Waals surface area contributed by atoms with Crippen molar-refractivity contribution in [3.05, 3.63) is 59.4 Å². The lowest BCUT2D eigenvalue weighted by Gasteiger charge is -2.41. The molecule has 174 valence electrons. The number of nitrogens with zero attached hydrogens (tertiary/aromatic N) is 1. The molecule has 2 atom stereocenters. The van der Waals surface area contributed by atoms with Crippen LogP contribution in [0.2, 0.25) is 0 Å². The van der Waals surface area contributed by atoms with Crippen molar-refractivity contribution in [2.24, 2.45) is 0 Å². The van der Waals surface area contributed by atoms with Crippen LogP contribution in [-0.2, 0) is 29.3 Å². The SMILES string of the molecule is CCOC(=O)Oc1cc(F)c(C2OP(=O)(O)C(O)(Cc3cccnc3)P(=O)(O)O2)c(F)c1. The number of carbonyl (C=O) groups excluding carboxylic acids is 1. The zero-order chi connectivity index (χ0) is 23.7. The summed E-state index contributed by atoms with van der Waals surface area (Å²) >= 11 is 0. The smallest absolute Gasteiger partial charge is 0.434 e. The zero-order valence-electron chi connectivity index (χ0n) is 16.3. The van der Waals surface area contributed by atoms with E-state index in [-0.39, 0.29) is 12.2 Å². The van der Waals surface area contributed by atoms with Gasteiger partial charge in [-0.15, -0.1) is 0 Å². The van der Waals surface area contributed by atoms with Crippen LogP contribution in [0.4, 0.5) is 13.6 Å². The third kappa shape index (κ3) is 4.60. The van der Waals surface area contributed by atoms with E-state index in [1.807, 2.05) is 0 Å². The minimum atomic E-state index is -5.45. The Balaban J connectivity index is 1.93. The molecular weight excluding hydrogens is 478 g/mol. The number of rotatable bonds is 5. The lowest BCUT2D eigenvalue weighted by molar-refractivity contribution is -0.0614. The molecule has 3 rings (SSSR count). The van der Waals surface area contributed by atoms with Crippen LogP contribution >= 0.6 is 15.2 Å². The van der Waals surface area contributed by atoms with E-state index in [2.05, 4.69) is 23.5 Å². The molecule has 0 spiro atoms. The third-order valence-corrected chi connectivity index (χ3v) is 8.90. The molecular formula is C17H17F2NO10P2. The topological polar surface area (TPSA) is 162 Å². The van der Waals surface area contributed by atoms with Gasteiger partial charge in [0.05, 0.1) is 12.2 Å². The van der Waals surface area contributed by atoms with Crippen molar-refractivity contribution in [1.29, 1.82) is 0 Å². The second-order valence-electron chi connectivity index (χ2n) is 6.48. The standard InChI is InChI=1S/C17H17F2NO10P2/c1-2-27-16(21)28-11-6-12(18)14(13(19)7-11)15-29-31(23,24)17(22,32(25,26)30-15)8-10-4-3-5-20-9-10/h3-7,9,15,22H,2,8H2,1H3,(H,23,24)(H,25,26). The van der Waals surface area contributed by atoms with Gasteiger partial charge in [0.1, 0.15) is 17.4 Å². The minimum absolute atomic E-state index is 0.0643. The molecule has 2 heterocycles. The zero-order valence-corrected chi connectivity index (χ0v) is 18.0. The van der Waals surface area contributed by atoms with Gasteiger partial charge < -0.3 is 24.4 Å². The molecule has 2 unspecified atom stereocenters. The molecule has 32 heavy (non-hydrogen) atoms. The van der Waals surface area contributed by atoms with Crippen LogP contribution in [0.3, 0.4) is 0 Å². The first-order chi connectivity index (χ1) is 14.9. The second kappa shape index (κ2) is 8.95. The molecule has 1 aliphatic rings. The van der Waals surface area contributed by atoms with Gasteiger partial charge in [0.25, 0.3) is 5.08 Å². The molecule has 0 saturated carbocycles. The molecule has 1 saturated heterocycles. The number of pyridine rings is 1. The first kappa shape index (κ1) is 24.4. The summed E-state index contributed by atoms with van der Waals surface area (Å²) in [6.45, 7) is 1.41. The van der Waals surface area contributed by atoms with Crippen LogP contribution < -0.4 is 4.74 Å². The van der Waals surface area contributed by atoms with Crippen LogP contribution in [0.1, 0.15) is 24.3 Å². The largest absolute Gasteiger partial charge is 0.513 e. The predicted molar refractivity (Wildman–Crippen MR) is 101 cm³/mol. The van der Waals surface area contributed by atoms with Gasteiger partial charge in [0.15, 0.2) is 0 Å². The van der Waals surface area contributed by atoms with E-state index in [4.69, 9.17) is 0 Å². The van der Waals surface area contributed by atoms with Gasteiger partial charge in [0.2, 0.25) is 6.29 Å². The maximum Gasteiger partial charge on any atom is 0.513 e. The van der Waals surface area contributed by atoms with Gasteiger partial charge in [-0.05, 0) is 18.6 Å². The lowest BCUT2D eigenvalue weighted by Crippen LogP contribution is -2.38. The van der Waals surface area contributed by atoms with Gasteiger partial charge in [-0.3, -0.25) is 23.2 Å². The van der Waals surface area contributed by atoms with Crippen LogP contribution in [0.15, 0.2) is 36.7 Å². The summed E-state index contributed by atoms with van der Waals surface area (Å²) < 4.78 is 72.9. The van der Waals surface area contributed by atoms with Gasteiger partial charge >= 0.3 is 21.3 Å². The lowest BCUT2D eigenvalue weighted by atomic mass is 10.2. The third-order valence-electron chi connectivity index (χ3n) is 4.30. The number of aromatic nitrogens is 1. The summed E-state index contributed by atoms with van der Waals surface area (Å²) in [7, 11) is -10.9. The Morgan fingerprint density at radius 3 is 2.31 bits per heavy atom.